The van der Waals surface area contributed by atoms with Crippen molar-refractivity contribution in [3.8, 4) is 0 Å². The quantitative estimate of drug-likeness (QED) is 0.430. The van der Waals surface area contributed by atoms with Crippen molar-refractivity contribution in [2.45, 2.75) is 65.0 Å². The highest BCUT2D eigenvalue weighted by atomic mass is 16.2. The lowest BCUT2D eigenvalue weighted by Gasteiger charge is -2.30. The minimum absolute atomic E-state index is 0.0977. The molecule has 1 N–H and O–H groups in total. The molecule has 2 amide bonds. The van der Waals surface area contributed by atoms with E-state index in [-0.39, 0.29) is 18.4 Å². The maximum atomic E-state index is 13.3. The van der Waals surface area contributed by atoms with Crippen LogP contribution < -0.4 is 5.32 Å². The van der Waals surface area contributed by atoms with Crippen LogP contribution in [-0.2, 0) is 16.0 Å². The molecule has 2 unspecified atom stereocenters. The predicted octanol–water partition coefficient (Wildman–Crippen LogP) is 4.09. The summed E-state index contributed by atoms with van der Waals surface area (Å²) in [5, 5.41) is 3.11. The molecule has 1 aromatic carbocycles. The first-order valence-corrected chi connectivity index (χ1v) is 12.9. The zero-order valence-corrected chi connectivity index (χ0v) is 22.7. The van der Waals surface area contributed by atoms with Gasteiger partial charge in [0, 0.05) is 38.8 Å². The first-order valence-electron chi connectivity index (χ1n) is 12.9. The Morgan fingerprint density at radius 2 is 1.91 bits per heavy atom. The molecule has 1 saturated heterocycles. The number of hydrogen-bond acceptors (Lipinski definition) is 4. The Morgan fingerprint density at radius 3 is 2.51 bits per heavy atom. The average molecular weight is 483 g/mol. The molecule has 2 atom stereocenters. The second-order valence-electron chi connectivity index (χ2n) is 10.5. The molecule has 0 bridgehead atoms. The van der Waals surface area contributed by atoms with Crippen LogP contribution in [0.25, 0.3) is 0 Å². The van der Waals surface area contributed by atoms with Gasteiger partial charge in [-0.15, -0.1) is 0 Å². The standard InChI is InChI=1S/C29H46N4O2/c1-22(2)18-23(3)19-24(4)32(6)21-28(34)33(7)27(20-25-12-9-8-10-13-25)29(35)30-16-15-26-14-11-17-31(26)5/h8-10,12-13,19,22,26-27H,4,11,14-18,20-21H2,1-3,5-7H3,(H,30,35)/b23-19+. The van der Waals surface area contributed by atoms with Crippen LogP contribution in [0.5, 0.6) is 0 Å². The van der Waals surface area contributed by atoms with Crippen molar-refractivity contribution in [1.82, 2.24) is 20.0 Å². The Labute approximate surface area is 213 Å². The number of likely N-dealkylation sites (N-methyl/N-ethyl adjacent to an activating group) is 2. The van der Waals surface area contributed by atoms with Gasteiger partial charge in [0.05, 0.1) is 6.54 Å². The molecule has 0 saturated carbocycles. The monoisotopic (exact) mass is 482 g/mol. The van der Waals surface area contributed by atoms with Gasteiger partial charge < -0.3 is 20.0 Å². The van der Waals surface area contributed by atoms with Crippen LogP contribution >= 0.6 is 0 Å². The number of carbonyl (C=O) groups is 2. The molecule has 0 aromatic heterocycles. The fourth-order valence-electron chi connectivity index (χ4n) is 4.75. The molecule has 35 heavy (non-hydrogen) atoms. The number of carbonyl (C=O) groups excluding carboxylic acids is 2. The largest absolute Gasteiger partial charge is 0.366 e. The van der Waals surface area contributed by atoms with Gasteiger partial charge in [0.25, 0.3) is 0 Å². The van der Waals surface area contributed by atoms with E-state index in [4.69, 9.17) is 0 Å². The van der Waals surface area contributed by atoms with E-state index in [0.29, 0.717) is 24.9 Å². The zero-order valence-electron chi connectivity index (χ0n) is 22.7. The predicted molar refractivity (Wildman–Crippen MR) is 145 cm³/mol. The van der Waals surface area contributed by atoms with Crippen molar-refractivity contribution in [2.75, 3.05) is 40.8 Å². The summed E-state index contributed by atoms with van der Waals surface area (Å²) < 4.78 is 0. The molecule has 1 fully saturated rings. The van der Waals surface area contributed by atoms with Crippen molar-refractivity contribution in [3.05, 3.63) is 59.8 Å². The van der Waals surface area contributed by atoms with E-state index < -0.39 is 6.04 Å². The highest BCUT2D eigenvalue weighted by Crippen LogP contribution is 2.17. The maximum Gasteiger partial charge on any atom is 0.243 e. The van der Waals surface area contributed by atoms with Crippen molar-refractivity contribution in [2.24, 2.45) is 5.92 Å². The van der Waals surface area contributed by atoms with E-state index in [1.807, 2.05) is 48.4 Å². The van der Waals surface area contributed by atoms with Crippen LogP contribution in [0.4, 0.5) is 0 Å². The van der Waals surface area contributed by atoms with Gasteiger partial charge in [-0.2, -0.15) is 0 Å². The number of amides is 2. The van der Waals surface area contributed by atoms with Crippen LogP contribution in [0.15, 0.2) is 54.3 Å². The van der Waals surface area contributed by atoms with E-state index in [9.17, 15) is 9.59 Å². The number of hydrogen-bond donors (Lipinski definition) is 1. The van der Waals surface area contributed by atoms with Gasteiger partial charge in [0.1, 0.15) is 6.04 Å². The van der Waals surface area contributed by atoms with E-state index in [1.54, 1.807) is 11.9 Å². The van der Waals surface area contributed by atoms with Crippen LogP contribution in [0, 0.1) is 5.92 Å². The molecule has 2 rings (SSSR count). The fourth-order valence-corrected chi connectivity index (χ4v) is 4.75. The number of nitrogens with zero attached hydrogens (tertiary/aromatic N) is 3. The minimum atomic E-state index is -0.564. The summed E-state index contributed by atoms with van der Waals surface area (Å²) in [5.41, 5.74) is 3.08. The van der Waals surface area contributed by atoms with Crippen LogP contribution in [0.2, 0.25) is 0 Å². The highest BCUT2D eigenvalue weighted by Gasteiger charge is 2.28. The average Bonchev–Trinajstić information content (AvgIpc) is 3.21. The molecule has 6 nitrogen and oxygen atoms in total. The topological polar surface area (TPSA) is 55.9 Å². The Balaban J connectivity index is 2.03. The third-order valence-corrected chi connectivity index (χ3v) is 6.89. The summed E-state index contributed by atoms with van der Waals surface area (Å²) in [5.74, 6) is 0.373. The summed E-state index contributed by atoms with van der Waals surface area (Å²) in [6.45, 7) is 12.5. The van der Waals surface area contributed by atoms with Gasteiger partial charge in [-0.3, -0.25) is 9.59 Å². The number of benzene rings is 1. The lowest BCUT2D eigenvalue weighted by atomic mass is 10.0. The van der Waals surface area contributed by atoms with Crippen LogP contribution in [0.1, 0.15) is 52.0 Å². The highest BCUT2D eigenvalue weighted by molar-refractivity contribution is 5.88. The number of likely N-dealkylation sites (tertiary alicyclic amines) is 1. The van der Waals surface area contributed by atoms with Crippen molar-refractivity contribution in [3.63, 3.8) is 0 Å². The third-order valence-electron chi connectivity index (χ3n) is 6.89. The molecule has 1 aliphatic rings. The molecule has 6 heteroatoms. The Morgan fingerprint density at radius 1 is 1.23 bits per heavy atom. The summed E-state index contributed by atoms with van der Waals surface area (Å²) in [6.07, 6.45) is 6.85. The number of rotatable bonds is 13. The number of nitrogens with one attached hydrogen (secondary N) is 1. The van der Waals surface area contributed by atoms with Gasteiger partial charge in [-0.05, 0) is 63.8 Å². The molecule has 1 heterocycles. The molecule has 194 valence electrons. The number of allylic oxidation sites excluding steroid dienone is 2. The van der Waals surface area contributed by atoms with Crippen molar-refractivity contribution >= 4 is 11.8 Å². The van der Waals surface area contributed by atoms with Gasteiger partial charge in [-0.1, -0.05) is 56.3 Å². The van der Waals surface area contributed by atoms with E-state index >= 15 is 0 Å². The van der Waals surface area contributed by atoms with Crippen LogP contribution in [-0.4, -0.2) is 79.4 Å². The smallest absolute Gasteiger partial charge is 0.243 e. The summed E-state index contributed by atoms with van der Waals surface area (Å²) in [4.78, 5) is 32.3. The summed E-state index contributed by atoms with van der Waals surface area (Å²) in [7, 11) is 5.75. The molecular formula is C29H46N4O2. The van der Waals surface area contributed by atoms with Gasteiger partial charge >= 0.3 is 0 Å². The Hall–Kier alpha value is -2.60. The van der Waals surface area contributed by atoms with Gasteiger partial charge in [-0.25, -0.2) is 0 Å². The summed E-state index contributed by atoms with van der Waals surface area (Å²) in [6, 6.07) is 9.85. The second kappa shape index (κ2) is 14.1. The zero-order chi connectivity index (χ0) is 26.0. The first kappa shape index (κ1) is 28.6. The lowest BCUT2D eigenvalue weighted by Crippen LogP contribution is -2.51. The molecule has 0 spiro atoms. The van der Waals surface area contributed by atoms with Gasteiger partial charge in [0.2, 0.25) is 11.8 Å². The van der Waals surface area contributed by atoms with Crippen LogP contribution in [0.3, 0.4) is 0 Å². The molecular weight excluding hydrogens is 436 g/mol. The lowest BCUT2D eigenvalue weighted by molar-refractivity contribution is -0.139. The van der Waals surface area contributed by atoms with E-state index in [0.717, 1.165) is 30.6 Å². The van der Waals surface area contributed by atoms with Gasteiger partial charge in [0.15, 0.2) is 0 Å². The third kappa shape index (κ3) is 9.52. The van der Waals surface area contributed by atoms with E-state index in [2.05, 4.69) is 44.6 Å². The first-order chi connectivity index (χ1) is 16.6. The van der Waals surface area contributed by atoms with Crippen molar-refractivity contribution < 1.29 is 9.59 Å². The summed E-state index contributed by atoms with van der Waals surface area (Å²) >= 11 is 0. The normalized spacial score (nSPS) is 17.3. The molecule has 1 aromatic rings. The Kier molecular flexibility index (Phi) is 11.5. The second-order valence-corrected chi connectivity index (χ2v) is 10.5. The minimum Gasteiger partial charge on any atom is -0.366 e. The fraction of sp³-hybridized carbons (Fsp3) is 0.586. The SMILES string of the molecule is C=C(/C=C(\C)CC(C)C)N(C)CC(=O)N(C)C(Cc1ccccc1)C(=O)NCCC1CCCN1C. The molecule has 0 radical (unpaired) electrons. The molecule has 0 aliphatic carbocycles. The maximum absolute atomic E-state index is 13.3. The Bertz CT molecular complexity index is 865. The van der Waals surface area contributed by atoms with E-state index in [1.165, 1.54) is 18.4 Å². The molecule has 1 aliphatic heterocycles. The van der Waals surface area contributed by atoms with Crippen molar-refractivity contribution in [1.29, 1.82) is 0 Å².